The lowest BCUT2D eigenvalue weighted by Gasteiger charge is -2.36. The van der Waals surface area contributed by atoms with Gasteiger partial charge in [-0.05, 0) is 18.2 Å². The number of pyridine rings is 1. The lowest BCUT2D eigenvalue weighted by molar-refractivity contribution is 0.249. The Bertz CT molecular complexity index is 956. The van der Waals surface area contributed by atoms with Crippen LogP contribution in [0.2, 0.25) is 0 Å². The second kappa shape index (κ2) is 7.28. The second-order valence-corrected chi connectivity index (χ2v) is 7.24. The Morgan fingerprint density at radius 1 is 1.12 bits per heavy atom. The predicted octanol–water partition coefficient (Wildman–Crippen LogP) is 2.89. The third-order valence-electron chi connectivity index (χ3n) is 4.58. The summed E-state index contributed by atoms with van der Waals surface area (Å²) in [6, 6.07) is 13.9. The van der Waals surface area contributed by atoms with Crippen molar-refractivity contribution in [3.8, 4) is 11.9 Å². The quantitative estimate of drug-likeness (QED) is 0.708. The standard InChI is InChI=1S/C19H19N5OS/c1-25-17-7-6-15-19(22-17)26-18(21-15)13-23-8-10-24(11-9-23)16-5-3-2-4-14(16)12-20/h2-7H,8-11,13H2,1H3. The van der Waals surface area contributed by atoms with Crippen LogP contribution in [0.3, 0.4) is 0 Å². The molecule has 0 unspecified atom stereocenters. The van der Waals surface area contributed by atoms with Crippen molar-refractivity contribution in [2.75, 3.05) is 38.2 Å². The van der Waals surface area contributed by atoms with Crippen molar-refractivity contribution < 1.29 is 4.74 Å². The van der Waals surface area contributed by atoms with Crippen LogP contribution < -0.4 is 9.64 Å². The van der Waals surface area contributed by atoms with Gasteiger partial charge in [-0.1, -0.05) is 23.5 Å². The predicted molar refractivity (Wildman–Crippen MR) is 103 cm³/mol. The molecular weight excluding hydrogens is 346 g/mol. The summed E-state index contributed by atoms with van der Waals surface area (Å²) in [7, 11) is 1.63. The second-order valence-electron chi connectivity index (χ2n) is 6.18. The zero-order valence-corrected chi connectivity index (χ0v) is 15.4. The molecule has 1 fully saturated rings. The first-order valence-electron chi connectivity index (χ1n) is 8.53. The smallest absolute Gasteiger partial charge is 0.214 e. The molecule has 4 rings (SSSR count). The summed E-state index contributed by atoms with van der Waals surface area (Å²) in [6.45, 7) is 4.56. The lowest BCUT2D eigenvalue weighted by atomic mass is 10.1. The number of rotatable bonds is 4. The number of para-hydroxylation sites is 1. The zero-order valence-electron chi connectivity index (χ0n) is 14.6. The minimum Gasteiger partial charge on any atom is -0.481 e. The van der Waals surface area contributed by atoms with Crippen molar-refractivity contribution in [2.45, 2.75) is 6.54 Å². The summed E-state index contributed by atoms with van der Waals surface area (Å²) in [5.41, 5.74) is 2.70. The van der Waals surface area contributed by atoms with Crippen molar-refractivity contribution in [3.05, 3.63) is 47.0 Å². The zero-order chi connectivity index (χ0) is 17.9. The van der Waals surface area contributed by atoms with E-state index in [1.807, 2.05) is 36.4 Å². The monoisotopic (exact) mass is 365 g/mol. The highest BCUT2D eigenvalue weighted by Crippen LogP contribution is 2.25. The molecule has 0 spiro atoms. The van der Waals surface area contributed by atoms with Gasteiger partial charge in [-0.25, -0.2) is 9.97 Å². The normalized spacial score (nSPS) is 15.2. The molecule has 3 heterocycles. The van der Waals surface area contributed by atoms with E-state index in [2.05, 4.69) is 25.8 Å². The molecule has 26 heavy (non-hydrogen) atoms. The van der Waals surface area contributed by atoms with E-state index in [9.17, 15) is 5.26 Å². The molecular formula is C19H19N5OS. The van der Waals surface area contributed by atoms with E-state index in [1.54, 1.807) is 18.4 Å². The van der Waals surface area contributed by atoms with Gasteiger partial charge in [-0.15, -0.1) is 0 Å². The Balaban J connectivity index is 1.42. The van der Waals surface area contributed by atoms with Crippen LogP contribution >= 0.6 is 11.3 Å². The molecule has 6 nitrogen and oxygen atoms in total. The Kier molecular flexibility index (Phi) is 4.69. The minimum atomic E-state index is 0.623. The van der Waals surface area contributed by atoms with Gasteiger partial charge in [-0.2, -0.15) is 5.26 Å². The van der Waals surface area contributed by atoms with Gasteiger partial charge in [0.1, 0.15) is 21.4 Å². The summed E-state index contributed by atoms with van der Waals surface area (Å²) < 4.78 is 5.18. The average Bonchev–Trinajstić information content (AvgIpc) is 3.09. The number of benzene rings is 1. The van der Waals surface area contributed by atoms with Gasteiger partial charge >= 0.3 is 0 Å². The van der Waals surface area contributed by atoms with Crippen LogP contribution in [0.5, 0.6) is 5.88 Å². The van der Waals surface area contributed by atoms with Gasteiger partial charge in [0.25, 0.3) is 0 Å². The number of nitrogens with zero attached hydrogens (tertiary/aromatic N) is 5. The number of nitriles is 1. The van der Waals surface area contributed by atoms with E-state index in [-0.39, 0.29) is 0 Å². The van der Waals surface area contributed by atoms with Gasteiger partial charge in [-0.3, -0.25) is 4.90 Å². The Hall–Kier alpha value is -2.69. The van der Waals surface area contributed by atoms with Crippen molar-refractivity contribution in [3.63, 3.8) is 0 Å². The number of thiazole rings is 1. The average molecular weight is 365 g/mol. The molecule has 1 saturated heterocycles. The highest BCUT2D eigenvalue weighted by atomic mass is 32.1. The molecule has 0 bridgehead atoms. The summed E-state index contributed by atoms with van der Waals surface area (Å²) >= 11 is 1.62. The molecule has 0 radical (unpaired) electrons. The number of aromatic nitrogens is 2. The molecule has 132 valence electrons. The summed E-state index contributed by atoms with van der Waals surface area (Å²) in [5, 5.41) is 10.4. The Labute approximate surface area is 156 Å². The lowest BCUT2D eigenvalue weighted by Crippen LogP contribution is -2.46. The fraction of sp³-hybridized carbons (Fsp3) is 0.316. The van der Waals surface area contributed by atoms with Crippen molar-refractivity contribution in [1.29, 1.82) is 5.26 Å². The third-order valence-corrected chi connectivity index (χ3v) is 5.53. The molecule has 1 aromatic carbocycles. The SMILES string of the molecule is COc1ccc2nc(CN3CCN(c4ccccc4C#N)CC3)sc2n1. The molecule has 7 heteroatoms. The highest BCUT2D eigenvalue weighted by Gasteiger charge is 2.20. The maximum absolute atomic E-state index is 9.29. The van der Waals surface area contributed by atoms with Crippen LogP contribution in [0, 0.1) is 11.3 Å². The van der Waals surface area contributed by atoms with Gasteiger partial charge in [0.15, 0.2) is 0 Å². The van der Waals surface area contributed by atoms with Crippen molar-refractivity contribution >= 4 is 27.4 Å². The Morgan fingerprint density at radius 3 is 2.69 bits per heavy atom. The highest BCUT2D eigenvalue weighted by molar-refractivity contribution is 7.18. The van der Waals surface area contributed by atoms with Crippen LogP contribution in [0.25, 0.3) is 10.3 Å². The first kappa shape index (κ1) is 16.8. The number of ether oxygens (including phenoxy) is 1. The largest absolute Gasteiger partial charge is 0.481 e. The van der Waals surface area contributed by atoms with E-state index in [4.69, 9.17) is 4.74 Å². The van der Waals surface area contributed by atoms with Gasteiger partial charge in [0.05, 0.1) is 24.9 Å². The number of methoxy groups -OCH3 is 1. The molecule has 1 aliphatic rings. The summed E-state index contributed by atoms with van der Waals surface area (Å²) in [5.74, 6) is 0.623. The van der Waals surface area contributed by atoms with E-state index in [0.29, 0.717) is 5.88 Å². The fourth-order valence-electron chi connectivity index (χ4n) is 3.21. The molecule has 1 aliphatic heterocycles. The molecule has 2 aromatic heterocycles. The van der Waals surface area contributed by atoms with Crippen LogP contribution in [-0.4, -0.2) is 48.2 Å². The minimum absolute atomic E-state index is 0.623. The van der Waals surface area contributed by atoms with E-state index in [1.165, 1.54) is 0 Å². The number of hydrogen-bond donors (Lipinski definition) is 0. The molecule has 0 saturated carbocycles. The van der Waals surface area contributed by atoms with Crippen LogP contribution in [0.15, 0.2) is 36.4 Å². The number of hydrogen-bond acceptors (Lipinski definition) is 7. The molecule has 0 N–H and O–H groups in total. The fourth-order valence-corrected chi connectivity index (χ4v) is 4.18. The molecule has 3 aromatic rings. The van der Waals surface area contributed by atoms with Crippen molar-refractivity contribution in [2.24, 2.45) is 0 Å². The molecule has 0 aliphatic carbocycles. The van der Waals surface area contributed by atoms with Crippen molar-refractivity contribution in [1.82, 2.24) is 14.9 Å². The van der Waals surface area contributed by atoms with E-state index < -0.39 is 0 Å². The maximum Gasteiger partial charge on any atom is 0.214 e. The maximum atomic E-state index is 9.29. The Morgan fingerprint density at radius 2 is 1.92 bits per heavy atom. The molecule has 0 atom stereocenters. The summed E-state index contributed by atoms with van der Waals surface area (Å²) in [4.78, 5) is 14.8. The van der Waals surface area contributed by atoms with E-state index in [0.717, 1.165) is 59.3 Å². The summed E-state index contributed by atoms with van der Waals surface area (Å²) in [6.07, 6.45) is 0. The van der Waals surface area contributed by atoms with Crippen LogP contribution in [-0.2, 0) is 6.54 Å². The van der Waals surface area contributed by atoms with E-state index >= 15 is 0 Å². The first-order valence-corrected chi connectivity index (χ1v) is 9.35. The van der Waals surface area contributed by atoms with Crippen LogP contribution in [0.1, 0.15) is 10.6 Å². The topological polar surface area (TPSA) is 65.3 Å². The van der Waals surface area contributed by atoms with Gasteiger partial charge in [0.2, 0.25) is 5.88 Å². The molecule has 0 amide bonds. The van der Waals surface area contributed by atoms with Crippen LogP contribution in [0.4, 0.5) is 5.69 Å². The van der Waals surface area contributed by atoms with Gasteiger partial charge < -0.3 is 9.64 Å². The number of fused-ring (bicyclic) bond motifs is 1. The third kappa shape index (κ3) is 3.34. The van der Waals surface area contributed by atoms with Gasteiger partial charge in [0, 0.05) is 32.2 Å². The number of piperazine rings is 1. The number of anilines is 1. The first-order chi connectivity index (χ1) is 12.8.